The Morgan fingerprint density at radius 3 is 2.30 bits per heavy atom. The number of nitrogens with one attached hydrogen (secondary N) is 1. The Labute approximate surface area is 191 Å². The molecule has 6 atom stereocenters. The minimum absolute atomic E-state index is 0.0891. The van der Waals surface area contributed by atoms with E-state index in [4.69, 9.17) is 4.74 Å². The van der Waals surface area contributed by atoms with Gasteiger partial charge in [0.05, 0.1) is 11.8 Å². The minimum Gasteiger partial charge on any atom is -0.454 e. The van der Waals surface area contributed by atoms with Gasteiger partial charge in [-0.2, -0.15) is 0 Å². The van der Waals surface area contributed by atoms with Crippen LogP contribution in [-0.2, 0) is 30.3 Å². The molecular formula is C21H22Br2N2O5. The van der Waals surface area contributed by atoms with E-state index in [1.807, 2.05) is 25.1 Å². The van der Waals surface area contributed by atoms with Gasteiger partial charge in [-0.25, -0.2) is 0 Å². The second-order valence-electron chi connectivity index (χ2n) is 7.99. The summed E-state index contributed by atoms with van der Waals surface area (Å²) in [5, 5.41) is 2.72. The number of imide groups is 1. The molecule has 160 valence electrons. The van der Waals surface area contributed by atoms with Gasteiger partial charge < -0.3 is 10.1 Å². The molecule has 3 amide bonds. The minimum atomic E-state index is -0.770. The lowest BCUT2D eigenvalue weighted by Crippen LogP contribution is -2.38. The van der Waals surface area contributed by atoms with E-state index >= 15 is 0 Å². The summed E-state index contributed by atoms with van der Waals surface area (Å²) in [5.41, 5.74) is 1.64. The van der Waals surface area contributed by atoms with Crippen molar-refractivity contribution in [2.45, 2.75) is 29.4 Å². The summed E-state index contributed by atoms with van der Waals surface area (Å²) >= 11 is 7.26. The maximum Gasteiger partial charge on any atom is 0.326 e. The van der Waals surface area contributed by atoms with Crippen molar-refractivity contribution in [2.24, 2.45) is 23.7 Å². The number of nitrogens with zero attached hydrogens (tertiary/aromatic N) is 1. The first-order valence-corrected chi connectivity index (χ1v) is 11.8. The van der Waals surface area contributed by atoms with Crippen molar-refractivity contribution in [1.82, 2.24) is 4.90 Å². The highest BCUT2D eigenvalue weighted by Gasteiger charge is 2.66. The molecule has 1 aromatic rings. The number of rotatable bonds is 6. The van der Waals surface area contributed by atoms with Crippen molar-refractivity contribution < 1.29 is 23.9 Å². The molecule has 7 nitrogen and oxygen atoms in total. The number of alkyl halides is 2. The maximum absolute atomic E-state index is 12.8. The second kappa shape index (κ2) is 8.42. The van der Waals surface area contributed by atoms with Crippen molar-refractivity contribution in [3.05, 3.63) is 29.8 Å². The van der Waals surface area contributed by atoms with Crippen LogP contribution in [0.25, 0.3) is 0 Å². The summed E-state index contributed by atoms with van der Waals surface area (Å²) in [6, 6.07) is 7.38. The number of likely N-dealkylation sites (tertiary alicyclic amines) is 1. The quantitative estimate of drug-likeness (QED) is 0.339. The van der Waals surface area contributed by atoms with Crippen LogP contribution in [0.1, 0.15) is 18.9 Å². The normalized spacial score (nSPS) is 31.8. The maximum atomic E-state index is 12.8. The zero-order valence-electron chi connectivity index (χ0n) is 16.3. The Hall–Kier alpha value is -1.74. The zero-order chi connectivity index (χ0) is 21.6. The summed E-state index contributed by atoms with van der Waals surface area (Å²) in [6.07, 6.45) is 1.58. The molecular weight excluding hydrogens is 520 g/mol. The highest BCUT2D eigenvalue weighted by atomic mass is 79.9. The standard InChI is InChI=1S/C21H22Br2N2O5/c1-2-10-5-3-4-6-13(10)24-14(26)9-30-15(27)8-25-20(28)16-11-7-12(17(16)21(25)29)19(23)18(11)22/h3-6,11-12,16-19H,2,7-9H2,1H3,(H,24,26)/t11-,12-,16-,17+,18+,19+/m1/s1. The van der Waals surface area contributed by atoms with Crippen molar-refractivity contribution in [3.8, 4) is 0 Å². The third kappa shape index (κ3) is 3.60. The molecule has 1 saturated heterocycles. The van der Waals surface area contributed by atoms with Crippen LogP contribution in [0.2, 0.25) is 0 Å². The van der Waals surface area contributed by atoms with Gasteiger partial charge in [-0.1, -0.05) is 57.0 Å². The fraction of sp³-hybridized carbons (Fsp3) is 0.524. The molecule has 2 saturated carbocycles. The van der Waals surface area contributed by atoms with E-state index in [9.17, 15) is 19.2 Å². The lowest BCUT2D eigenvalue weighted by molar-refractivity contribution is -0.154. The smallest absolute Gasteiger partial charge is 0.326 e. The van der Waals surface area contributed by atoms with Crippen LogP contribution in [0.5, 0.6) is 0 Å². The summed E-state index contributed by atoms with van der Waals surface area (Å²) in [7, 11) is 0. The molecule has 2 bridgehead atoms. The number of fused-ring (bicyclic) bond motifs is 5. The van der Waals surface area contributed by atoms with Gasteiger partial charge in [0, 0.05) is 15.3 Å². The molecule has 0 unspecified atom stereocenters. The predicted molar refractivity (Wildman–Crippen MR) is 116 cm³/mol. The van der Waals surface area contributed by atoms with Crippen molar-refractivity contribution in [3.63, 3.8) is 0 Å². The fourth-order valence-corrected chi connectivity index (χ4v) is 6.90. The lowest BCUT2D eigenvalue weighted by atomic mass is 9.81. The molecule has 0 aromatic heterocycles. The van der Waals surface area contributed by atoms with Gasteiger partial charge in [-0.3, -0.25) is 24.1 Å². The topological polar surface area (TPSA) is 92.8 Å². The Morgan fingerprint density at radius 2 is 1.70 bits per heavy atom. The predicted octanol–water partition coefficient (Wildman–Crippen LogP) is 2.51. The van der Waals surface area contributed by atoms with Crippen LogP contribution in [0.15, 0.2) is 24.3 Å². The molecule has 3 fully saturated rings. The molecule has 1 aromatic carbocycles. The number of para-hydroxylation sites is 1. The van der Waals surface area contributed by atoms with Crippen LogP contribution in [0, 0.1) is 23.7 Å². The molecule has 2 aliphatic carbocycles. The number of halogens is 2. The number of ether oxygens (including phenoxy) is 1. The van der Waals surface area contributed by atoms with Crippen LogP contribution in [-0.4, -0.2) is 51.4 Å². The first-order chi connectivity index (χ1) is 14.3. The van der Waals surface area contributed by atoms with Gasteiger partial charge in [0.15, 0.2) is 6.61 Å². The van der Waals surface area contributed by atoms with Gasteiger partial charge in [0.1, 0.15) is 6.54 Å². The largest absolute Gasteiger partial charge is 0.454 e. The summed E-state index contributed by atoms with van der Waals surface area (Å²) in [6.45, 7) is 1.05. The first kappa shape index (κ1) is 21.5. The Balaban J connectivity index is 1.32. The molecule has 4 rings (SSSR count). The Morgan fingerprint density at radius 1 is 1.10 bits per heavy atom. The monoisotopic (exact) mass is 540 g/mol. The van der Waals surface area contributed by atoms with E-state index in [1.54, 1.807) is 6.07 Å². The number of benzene rings is 1. The number of amides is 3. The molecule has 0 spiro atoms. The molecule has 1 heterocycles. The van der Waals surface area contributed by atoms with Gasteiger partial charge in [-0.05, 0) is 36.3 Å². The van der Waals surface area contributed by atoms with Crippen LogP contribution in [0.4, 0.5) is 5.69 Å². The molecule has 0 radical (unpaired) electrons. The average Bonchev–Trinajstić information content (AvgIpc) is 3.33. The van der Waals surface area contributed by atoms with Gasteiger partial charge in [0.2, 0.25) is 11.8 Å². The second-order valence-corrected chi connectivity index (χ2v) is 10.1. The SMILES string of the molecule is CCc1ccccc1NC(=O)COC(=O)CN1C(=O)[C@@H]2[C@H]3C[C@@H]([C@H](Br)[C@H]3Br)[C@@H]2C1=O. The zero-order valence-corrected chi connectivity index (χ0v) is 19.5. The summed E-state index contributed by atoms with van der Waals surface area (Å²) in [5.74, 6) is -2.42. The van der Waals surface area contributed by atoms with Crippen molar-refractivity contribution >= 4 is 61.2 Å². The third-order valence-electron chi connectivity index (χ3n) is 6.40. The van der Waals surface area contributed by atoms with E-state index in [0.717, 1.165) is 23.3 Å². The number of hydrogen-bond acceptors (Lipinski definition) is 5. The van der Waals surface area contributed by atoms with E-state index < -0.39 is 25.0 Å². The highest BCUT2D eigenvalue weighted by Crippen LogP contribution is 2.60. The van der Waals surface area contributed by atoms with Crippen LogP contribution in [0.3, 0.4) is 0 Å². The van der Waals surface area contributed by atoms with E-state index in [1.165, 1.54) is 0 Å². The van der Waals surface area contributed by atoms with Gasteiger partial charge in [-0.15, -0.1) is 0 Å². The molecule has 30 heavy (non-hydrogen) atoms. The number of carbonyl (C=O) groups is 4. The van der Waals surface area contributed by atoms with Crippen molar-refractivity contribution in [2.75, 3.05) is 18.5 Å². The van der Waals surface area contributed by atoms with Gasteiger partial charge >= 0.3 is 5.97 Å². The summed E-state index contributed by atoms with van der Waals surface area (Å²) < 4.78 is 5.03. The van der Waals surface area contributed by atoms with Crippen molar-refractivity contribution in [1.29, 1.82) is 0 Å². The first-order valence-electron chi connectivity index (χ1n) is 10.00. The molecule has 9 heteroatoms. The van der Waals surface area contributed by atoms with E-state index in [0.29, 0.717) is 5.69 Å². The number of carbonyl (C=O) groups excluding carboxylic acids is 4. The number of aryl methyl sites for hydroxylation is 1. The van der Waals surface area contributed by atoms with Crippen LogP contribution < -0.4 is 5.32 Å². The fourth-order valence-electron chi connectivity index (χ4n) is 5.02. The van der Waals surface area contributed by atoms with Gasteiger partial charge in [0.25, 0.3) is 5.91 Å². The Kier molecular flexibility index (Phi) is 6.03. The molecule has 1 aliphatic heterocycles. The highest BCUT2D eigenvalue weighted by molar-refractivity contribution is 9.12. The number of esters is 1. The lowest BCUT2D eigenvalue weighted by Gasteiger charge is -2.28. The average molecular weight is 542 g/mol. The van der Waals surface area contributed by atoms with E-state index in [-0.39, 0.29) is 45.1 Å². The van der Waals surface area contributed by atoms with Crippen LogP contribution >= 0.6 is 31.9 Å². The van der Waals surface area contributed by atoms with E-state index in [2.05, 4.69) is 37.2 Å². The molecule has 3 aliphatic rings. The Bertz CT molecular complexity index is 875. The molecule has 1 N–H and O–H groups in total. The number of anilines is 1. The summed E-state index contributed by atoms with van der Waals surface area (Å²) in [4.78, 5) is 51.3. The third-order valence-corrected chi connectivity index (χ3v) is 9.61. The number of hydrogen-bond donors (Lipinski definition) is 1.